The van der Waals surface area contributed by atoms with Gasteiger partial charge in [-0.25, -0.2) is 0 Å². The van der Waals surface area contributed by atoms with E-state index in [-0.39, 0.29) is 0 Å². The second-order valence-corrected chi connectivity index (χ2v) is 5.19. The summed E-state index contributed by atoms with van der Waals surface area (Å²) in [5, 5.41) is 0. The first-order chi connectivity index (χ1) is 7.91. The van der Waals surface area contributed by atoms with Crippen molar-refractivity contribution >= 4 is 0 Å². The van der Waals surface area contributed by atoms with Crippen molar-refractivity contribution in [3.8, 4) is 0 Å². The van der Waals surface area contributed by atoms with Gasteiger partial charge >= 0.3 is 95.0 Å². The first-order valence-electron chi connectivity index (χ1n) is 7.20. The fraction of sp³-hybridized carbons (Fsp3) is 1.00. The SMILES string of the molecule is CCCCCCCCCCCCCC[O][Ti]. The van der Waals surface area contributed by atoms with Crippen LogP contribution in [0.1, 0.15) is 84.0 Å². The molecule has 0 heterocycles. The average molecular weight is 261 g/mol. The maximum atomic E-state index is 5.03. The molecular formula is C14H29OTi. The third kappa shape index (κ3) is 14.7. The minimum atomic E-state index is 0.942. The van der Waals surface area contributed by atoms with E-state index in [4.69, 9.17) is 3.32 Å². The Morgan fingerprint density at radius 3 is 1.38 bits per heavy atom. The van der Waals surface area contributed by atoms with E-state index in [1.807, 2.05) is 0 Å². The summed E-state index contributed by atoms with van der Waals surface area (Å²) in [6.07, 6.45) is 17.0. The summed E-state index contributed by atoms with van der Waals surface area (Å²) in [5.74, 6) is 0. The van der Waals surface area contributed by atoms with E-state index in [1.54, 1.807) is 20.8 Å². The van der Waals surface area contributed by atoms with Crippen LogP contribution in [0.5, 0.6) is 0 Å². The normalized spacial score (nSPS) is 10.8. The van der Waals surface area contributed by atoms with Crippen LogP contribution in [0.2, 0.25) is 0 Å². The Hall–Kier alpha value is 0.674. The molecule has 0 aromatic heterocycles. The maximum absolute atomic E-state index is 5.03. The van der Waals surface area contributed by atoms with E-state index in [1.165, 1.54) is 77.0 Å². The van der Waals surface area contributed by atoms with Gasteiger partial charge in [0.15, 0.2) is 0 Å². The Labute approximate surface area is 115 Å². The zero-order valence-electron chi connectivity index (χ0n) is 11.1. The summed E-state index contributed by atoms with van der Waals surface area (Å²) < 4.78 is 5.03. The number of unbranched alkanes of at least 4 members (excludes halogenated alkanes) is 11. The number of rotatable bonds is 13. The van der Waals surface area contributed by atoms with Crippen molar-refractivity contribution < 1.29 is 24.1 Å². The molecule has 0 bridgehead atoms. The van der Waals surface area contributed by atoms with Crippen molar-refractivity contribution in [2.45, 2.75) is 84.0 Å². The molecule has 16 heavy (non-hydrogen) atoms. The van der Waals surface area contributed by atoms with Gasteiger partial charge in [0.25, 0.3) is 0 Å². The average Bonchev–Trinajstić information content (AvgIpc) is 2.31. The summed E-state index contributed by atoms with van der Waals surface area (Å²) in [5.41, 5.74) is 0. The molecule has 0 saturated carbocycles. The zero-order chi connectivity index (χ0) is 11.9. The summed E-state index contributed by atoms with van der Waals surface area (Å²) in [6.45, 7) is 3.22. The van der Waals surface area contributed by atoms with Crippen molar-refractivity contribution in [2.24, 2.45) is 0 Å². The standard InChI is InChI=1S/C14H29O.Ti/c1-2-3-4-5-6-7-8-9-10-11-12-13-14-15;/h2-14H2,1H3;/q-1;+1. The second-order valence-electron chi connectivity index (χ2n) is 4.74. The van der Waals surface area contributed by atoms with Crippen LogP contribution in [-0.4, -0.2) is 6.61 Å². The molecule has 0 N–H and O–H groups in total. The van der Waals surface area contributed by atoms with Gasteiger partial charge in [0.2, 0.25) is 0 Å². The van der Waals surface area contributed by atoms with E-state index in [2.05, 4.69) is 6.92 Å². The first kappa shape index (κ1) is 16.7. The van der Waals surface area contributed by atoms with Crippen LogP contribution >= 0.6 is 0 Å². The monoisotopic (exact) mass is 261 g/mol. The molecule has 2 heteroatoms. The van der Waals surface area contributed by atoms with Crippen LogP contribution in [0.3, 0.4) is 0 Å². The number of hydrogen-bond donors (Lipinski definition) is 0. The fourth-order valence-electron chi connectivity index (χ4n) is 2.02. The van der Waals surface area contributed by atoms with E-state index >= 15 is 0 Å². The Bertz CT molecular complexity index is 103. The number of hydrogen-bond acceptors (Lipinski definition) is 1. The van der Waals surface area contributed by atoms with E-state index in [0.29, 0.717) is 0 Å². The molecule has 1 nitrogen and oxygen atoms in total. The van der Waals surface area contributed by atoms with Gasteiger partial charge in [-0.3, -0.25) is 0 Å². The van der Waals surface area contributed by atoms with Gasteiger partial charge < -0.3 is 0 Å². The molecule has 0 spiro atoms. The Kier molecular flexibility index (Phi) is 16.3. The minimum absolute atomic E-state index is 0.942. The molecule has 0 unspecified atom stereocenters. The quantitative estimate of drug-likeness (QED) is 0.328. The molecule has 0 aromatic carbocycles. The molecule has 0 amide bonds. The van der Waals surface area contributed by atoms with Gasteiger partial charge in [-0.15, -0.1) is 0 Å². The van der Waals surface area contributed by atoms with Crippen molar-refractivity contribution in [1.82, 2.24) is 0 Å². The van der Waals surface area contributed by atoms with Gasteiger partial charge in [0, 0.05) is 0 Å². The molecular weight excluding hydrogens is 232 g/mol. The van der Waals surface area contributed by atoms with Crippen LogP contribution in [0.15, 0.2) is 0 Å². The third-order valence-electron chi connectivity index (χ3n) is 3.10. The predicted octanol–water partition coefficient (Wildman–Crippen LogP) is 5.17. The second kappa shape index (κ2) is 15.7. The van der Waals surface area contributed by atoms with Crippen LogP contribution in [0.4, 0.5) is 0 Å². The Balaban J connectivity index is 2.83. The van der Waals surface area contributed by atoms with Crippen LogP contribution in [0, 0.1) is 0 Å². The van der Waals surface area contributed by atoms with E-state index < -0.39 is 0 Å². The van der Waals surface area contributed by atoms with Gasteiger partial charge in [0.1, 0.15) is 0 Å². The van der Waals surface area contributed by atoms with Crippen LogP contribution in [-0.2, 0) is 24.1 Å². The zero-order valence-corrected chi connectivity index (χ0v) is 12.7. The fourth-order valence-corrected chi connectivity index (χ4v) is 2.24. The van der Waals surface area contributed by atoms with Gasteiger partial charge in [-0.2, -0.15) is 0 Å². The van der Waals surface area contributed by atoms with Crippen molar-refractivity contribution in [3.63, 3.8) is 0 Å². The van der Waals surface area contributed by atoms with Crippen molar-refractivity contribution in [1.29, 1.82) is 0 Å². The molecule has 0 saturated heterocycles. The van der Waals surface area contributed by atoms with Gasteiger partial charge in [-0.05, 0) is 0 Å². The molecule has 0 aliphatic heterocycles. The topological polar surface area (TPSA) is 9.23 Å². The van der Waals surface area contributed by atoms with E-state index in [9.17, 15) is 0 Å². The molecule has 0 atom stereocenters. The molecule has 0 aliphatic carbocycles. The van der Waals surface area contributed by atoms with Crippen LogP contribution in [0.25, 0.3) is 0 Å². The molecule has 0 radical (unpaired) electrons. The summed E-state index contributed by atoms with van der Waals surface area (Å²) in [4.78, 5) is 0. The molecule has 0 aliphatic rings. The van der Waals surface area contributed by atoms with Crippen molar-refractivity contribution in [2.75, 3.05) is 6.61 Å². The summed E-state index contributed by atoms with van der Waals surface area (Å²) in [7, 11) is 0. The summed E-state index contributed by atoms with van der Waals surface area (Å²) in [6, 6.07) is 0. The van der Waals surface area contributed by atoms with Gasteiger partial charge in [-0.1, -0.05) is 19.8 Å². The first-order valence-corrected chi connectivity index (χ1v) is 7.84. The Morgan fingerprint density at radius 1 is 0.625 bits per heavy atom. The predicted molar refractivity (Wildman–Crippen MR) is 67.0 cm³/mol. The summed E-state index contributed by atoms with van der Waals surface area (Å²) >= 11 is 1.79. The van der Waals surface area contributed by atoms with Gasteiger partial charge in [0.05, 0.1) is 0 Å². The third-order valence-corrected chi connectivity index (χ3v) is 3.42. The molecule has 0 rings (SSSR count). The Morgan fingerprint density at radius 2 is 1.00 bits per heavy atom. The molecule has 95 valence electrons. The van der Waals surface area contributed by atoms with Crippen LogP contribution < -0.4 is 0 Å². The molecule has 0 aromatic rings. The van der Waals surface area contributed by atoms with E-state index in [0.717, 1.165) is 6.61 Å². The van der Waals surface area contributed by atoms with Crippen molar-refractivity contribution in [3.05, 3.63) is 0 Å². The molecule has 0 fully saturated rings.